The lowest BCUT2D eigenvalue weighted by molar-refractivity contribution is -0.140. The van der Waals surface area contributed by atoms with E-state index in [0.717, 1.165) is 16.7 Å². The van der Waals surface area contributed by atoms with Gasteiger partial charge in [-0.2, -0.15) is 0 Å². The summed E-state index contributed by atoms with van der Waals surface area (Å²) in [6, 6.07) is 16.1. The molecule has 1 unspecified atom stereocenters. The van der Waals surface area contributed by atoms with Crippen molar-refractivity contribution < 1.29 is 9.59 Å². The Labute approximate surface area is 181 Å². The van der Waals surface area contributed by atoms with E-state index in [0.29, 0.717) is 25.3 Å². The normalized spacial score (nSPS) is 12.1. The zero-order valence-corrected chi connectivity index (χ0v) is 19.2. The average molecular weight is 409 g/mol. The molecule has 0 saturated heterocycles. The second-order valence-corrected chi connectivity index (χ2v) is 8.75. The van der Waals surface area contributed by atoms with Crippen molar-refractivity contribution in [2.45, 2.75) is 78.9 Å². The molecule has 162 valence electrons. The minimum Gasteiger partial charge on any atom is -0.352 e. The van der Waals surface area contributed by atoms with Gasteiger partial charge < -0.3 is 10.2 Å². The second-order valence-electron chi connectivity index (χ2n) is 8.75. The molecule has 0 bridgehead atoms. The summed E-state index contributed by atoms with van der Waals surface area (Å²) in [4.78, 5) is 27.5. The summed E-state index contributed by atoms with van der Waals surface area (Å²) in [5.74, 6) is 0.369. The van der Waals surface area contributed by atoms with Gasteiger partial charge in [-0.15, -0.1) is 0 Å². The van der Waals surface area contributed by atoms with Crippen LogP contribution < -0.4 is 5.32 Å². The smallest absolute Gasteiger partial charge is 0.242 e. The molecule has 1 N–H and O–H groups in total. The molecule has 0 aliphatic carbocycles. The zero-order valence-electron chi connectivity index (χ0n) is 19.2. The Morgan fingerprint density at radius 1 is 0.933 bits per heavy atom. The van der Waals surface area contributed by atoms with Crippen molar-refractivity contribution >= 4 is 11.8 Å². The molecule has 0 aliphatic heterocycles. The molecule has 0 fully saturated rings. The summed E-state index contributed by atoms with van der Waals surface area (Å²) in [6.45, 7) is 12.5. The van der Waals surface area contributed by atoms with Crippen LogP contribution in [0.15, 0.2) is 48.5 Å². The van der Waals surface area contributed by atoms with Crippen LogP contribution in [0.2, 0.25) is 0 Å². The van der Waals surface area contributed by atoms with E-state index in [1.165, 1.54) is 5.56 Å². The molecule has 0 radical (unpaired) electrons. The number of rotatable bonds is 9. The second kappa shape index (κ2) is 11.0. The van der Waals surface area contributed by atoms with Crippen LogP contribution in [0.5, 0.6) is 0 Å². The van der Waals surface area contributed by atoms with Gasteiger partial charge in [0.15, 0.2) is 0 Å². The topological polar surface area (TPSA) is 49.4 Å². The molecule has 2 aromatic carbocycles. The first kappa shape index (κ1) is 23.7. The van der Waals surface area contributed by atoms with E-state index < -0.39 is 6.04 Å². The third kappa shape index (κ3) is 7.01. The predicted octanol–water partition coefficient (Wildman–Crippen LogP) is 4.99. The molecule has 2 amide bonds. The highest BCUT2D eigenvalue weighted by molar-refractivity contribution is 5.87. The van der Waals surface area contributed by atoms with Crippen LogP contribution in [0.25, 0.3) is 0 Å². The molecule has 0 spiro atoms. The van der Waals surface area contributed by atoms with Gasteiger partial charge in [0.1, 0.15) is 6.04 Å². The van der Waals surface area contributed by atoms with E-state index >= 15 is 0 Å². The summed E-state index contributed by atoms with van der Waals surface area (Å²) in [7, 11) is 0. The highest BCUT2D eigenvalue weighted by atomic mass is 16.2. The van der Waals surface area contributed by atoms with Crippen molar-refractivity contribution in [3.05, 3.63) is 70.8 Å². The molecular formula is C26H36N2O2. The van der Waals surface area contributed by atoms with Crippen LogP contribution in [0, 0.1) is 6.92 Å². The lowest BCUT2D eigenvalue weighted by atomic mass is 10.00. The Hall–Kier alpha value is -2.62. The maximum atomic E-state index is 13.2. The molecule has 0 aromatic heterocycles. The van der Waals surface area contributed by atoms with Crippen LogP contribution >= 0.6 is 0 Å². The number of aryl methyl sites for hydroxylation is 2. The van der Waals surface area contributed by atoms with Gasteiger partial charge in [-0.1, -0.05) is 67.9 Å². The molecule has 0 aliphatic rings. The molecule has 2 aromatic rings. The van der Waals surface area contributed by atoms with Crippen molar-refractivity contribution in [1.29, 1.82) is 0 Å². The summed E-state index contributed by atoms with van der Waals surface area (Å²) in [5, 5.41) is 2.93. The molecule has 1 atom stereocenters. The number of carbonyl (C=O) groups excluding carboxylic acids is 2. The standard InChI is InChI=1S/C26H36N2O2/c1-18(2)24-13-10-22(11-14-24)12-15-25(29)28(21(6)26(30)27-19(3)4)17-23-9-7-8-20(5)16-23/h7-11,13-14,16,18-19,21H,12,15,17H2,1-6H3,(H,27,30). The molecular weight excluding hydrogens is 372 g/mol. The number of hydrogen-bond donors (Lipinski definition) is 1. The van der Waals surface area contributed by atoms with Crippen molar-refractivity contribution in [3.63, 3.8) is 0 Å². The molecule has 4 heteroatoms. The summed E-state index contributed by atoms with van der Waals surface area (Å²) >= 11 is 0. The fourth-order valence-electron chi connectivity index (χ4n) is 3.46. The Balaban J connectivity index is 2.13. The van der Waals surface area contributed by atoms with Crippen LogP contribution in [-0.4, -0.2) is 28.8 Å². The first-order valence-electron chi connectivity index (χ1n) is 10.9. The Kier molecular flexibility index (Phi) is 8.64. The van der Waals surface area contributed by atoms with Crippen LogP contribution in [0.4, 0.5) is 0 Å². The van der Waals surface area contributed by atoms with Crippen LogP contribution in [0.3, 0.4) is 0 Å². The SMILES string of the molecule is Cc1cccc(CN(C(=O)CCc2ccc(C(C)C)cc2)C(C)C(=O)NC(C)C)c1. The first-order valence-corrected chi connectivity index (χ1v) is 10.9. The first-order chi connectivity index (χ1) is 14.2. The van der Waals surface area contributed by atoms with Crippen LogP contribution in [0.1, 0.15) is 69.2 Å². The molecule has 0 heterocycles. The van der Waals surface area contributed by atoms with Crippen molar-refractivity contribution in [1.82, 2.24) is 10.2 Å². The van der Waals surface area contributed by atoms with E-state index in [9.17, 15) is 9.59 Å². The molecule has 4 nitrogen and oxygen atoms in total. The minimum atomic E-state index is -0.524. The fourth-order valence-corrected chi connectivity index (χ4v) is 3.46. The monoisotopic (exact) mass is 408 g/mol. The largest absolute Gasteiger partial charge is 0.352 e. The highest BCUT2D eigenvalue weighted by Crippen LogP contribution is 2.17. The number of carbonyl (C=O) groups is 2. The van der Waals surface area contributed by atoms with Crippen molar-refractivity contribution in [2.75, 3.05) is 0 Å². The maximum absolute atomic E-state index is 13.2. The fraction of sp³-hybridized carbons (Fsp3) is 0.462. The third-order valence-electron chi connectivity index (χ3n) is 5.31. The number of nitrogens with one attached hydrogen (secondary N) is 1. The molecule has 0 saturated carbocycles. The lowest BCUT2D eigenvalue weighted by Gasteiger charge is -2.29. The van der Waals surface area contributed by atoms with E-state index in [4.69, 9.17) is 0 Å². The molecule has 2 rings (SSSR count). The van der Waals surface area contributed by atoms with E-state index in [2.05, 4.69) is 49.5 Å². The van der Waals surface area contributed by atoms with Crippen LogP contribution in [-0.2, 0) is 22.6 Å². The number of hydrogen-bond acceptors (Lipinski definition) is 2. The highest BCUT2D eigenvalue weighted by Gasteiger charge is 2.26. The summed E-state index contributed by atoms with van der Waals surface area (Å²) in [6.07, 6.45) is 1.05. The minimum absolute atomic E-state index is 0.00384. The van der Waals surface area contributed by atoms with Gasteiger partial charge >= 0.3 is 0 Å². The van der Waals surface area contributed by atoms with E-state index in [-0.39, 0.29) is 17.9 Å². The summed E-state index contributed by atoms with van der Waals surface area (Å²) in [5.41, 5.74) is 4.62. The number of benzene rings is 2. The van der Waals surface area contributed by atoms with Gasteiger partial charge in [0, 0.05) is 19.0 Å². The van der Waals surface area contributed by atoms with Gasteiger partial charge in [0.25, 0.3) is 0 Å². The number of amides is 2. The predicted molar refractivity (Wildman–Crippen MR) is 123 cm³/mol. The quantitative estimate of drug-likeness (QED) is 0.635. The maximum Gasteiger partial charge on any atom is 0.242 e. The van der Waals surface area contributed by atoms with Gasteiger partial charge in [-0.3, -0.25) is 9.59 Å². The van der Waals surface area contributed by atoms with Crippen molar-refractivity contribution in [3.8, 4) is 0 Å². The van der Waals surface area contributed by atoms with Gasteiger partial charge in [0.05, 0.1) is 0 Å². The van der Waals surface area contributed by atoms with Crippen molar-refractivity contribution in [2.24, 2.45) is 0 Å². The average Bonchev–Trinajstić information content (AvgIpc) is 2.69. The zero-order chi connectivity index (χ0) is 22.3. The lowest BCUT2D eigenvalue weighted by Crippen LogP contribution is -2.49. The summed E-state index contributed by atoms with van der Waals surface area (Å²) < 4.78 is 0. The third-order valence-corrected chi connectivity index (χ3v) is 5.31. The van der Waals surface area contributed by atoms with Gasteiger partial charge in [0.2, 0.25) is 11.8 Å². The van der Waals surface area contributed by atoms with E-state index in [1.54, 1.807) is 4.90 Å². The number of nitrogens with zero attached hydrogens (tertiary/aromatic N) is 1. The molecule has 30 heavy (non-hydrogen) atoms. The Morgan fingerprint density at radius 2 is 1.60 bits per heavy atom. The van der Waals surface area contributed by atoms with Gasteiger partial charge in [-0.25, -0.2) is 0 Å². The Bertz CT molecular complexity index is 840. The Morgan fingerprint density at radius 3 is 2.17 bits per heavy atom. The van der Waals surface area contributed by atoms with Gasteiger partial charge in [-0.05, 0) is 56.7 Å². The van der Waals surface area contributed by atoms with E-state index in [1.807, 2.05) is 45.9 Å².